The number of rotatable bonds is 2. The number of nitrogens with zero attached hydrogens (tertiary/aromatic N) is 2. The second-order valence-electron chi connectivity index (χ2n) is 4.22. The van der Waals surface area contributed by atoms with Crippen molar-refractivity contribution < 1.29 is 0 Å². The lowest BCUT2D eigenvalue weighted by Crippen LogP contribution is -1.98. The number of para-hydroxylation sites is 1. The number of anilines is 3. The Balaban J connectivity index is 2.11. The van der Waals surface area contributed by atoms with Gasteiger partial charge in [-0.3, -0.25) is 0 Å². The molecule has 0 saturated carbocycles. The first-order chi connectivity index (χ1) is 9.65. The van der Waals surface area contributed by atoms with Crippen LogP contribution in [0.3, 0.4) is 0 Å². The molecule has 0 unspecified atom stereocenters. The highest BCUT2D eigenvalue weighted by molar-refractivity contribution is 9.11. The van der Waals surface area contributed by atoms with Crippen molar-refractivity contribution in [2.75, 3.05) is 11.1 Å². The van der Waals surface area contributed by atoms with E-state index in [1.54, 1.807) is 0 Å². The molecule has 0 aliphatic heterocycles. The largest absolute Gasteiger partial charge is 0.399 e. The minimum absolute atomic E-state index is 0.684. The third-order valence-electron chi connectivity index (χ3n) is 2.87. The van der Waals surface area contributed by atoms with Crippen LogP contribution in [0.4, 0.5) is 17.2 Å². The van der Waals surface area contributed by atoms with Crippen molar-refractivity contribution in [2.24, 2.45) is 0 Å². The van der Waals surface area contributed by atoms with Gasteiger partial charge in [-0.05, 0) is 62.2 Å². The Hall–Kier alpha value is -1.66. The van der Waals surface area contributed by atoms with Crippen molar-refractivity contribution in [1.29, 1.82) is 0 Å². The molecule has 1 aromatic heterocycles. The third kappa shape index (κ3) is 2.48. The van der Waals surface area contributed by atoms with Gasteiger partial charge in [0.1, 0.15) is 12.1 Å². The van der Waals surface area contributed by atoms with Gasteiger partial charge in [-0.1, -0.05) is 6.07 Å². The Kier molecular flexibility index (Phi) is 3.58. The van der Waals surface area contributed by atoms with Crippen molar-refractivity contribution in [3.05, 3.63) is 51.7 Å². The van der Waals surface area contributed by atoms with E-state index in [1.807, 2.05) is 36.4 Å². The van der Waals surface area contributed by atoms with Gasteiger partial charge in [-0.2, -0.15) is 0 Å². The lowest BCUT2D eigenvalue weighted by molar-refractivity contribution is 1.22. The molecule has 3 rings (SSSR count). The molecule has 0 aliphatic rings. The number of hydrogen-bond acceptors (Lipinski definition) is 4. The maximum absolute atomic E-state index is 5.78. The summed E-state index contributed by atoms with van der Waals surface area (Å²) in [7, 11) is 0. The smallest absolute Gasteiger partial charge is 0.141 e. The van der Waals surface area contributed by atoms with Crippen LogP contribution in [-0.2, 0) is 0 Å². The zero-order chi connectivity index (χ0) is 14.1. The molecule has 0 aliphatic carbocycles. The predicted octanol–water partition coefficient (Wildman–Crippen LogP) is 4.48. The van der Waals surface area contributed by atoms with Crippen molar-refractivity contribution in [3.8, 4) is 0 Å². The van der Waals surface area contributed by atoms with Crippen molar-refractivity contribution in [1.82, 2.24) is 9.97 Å². The Morgan fingerprint density at radius 1 is 1.00 bits per heavy atom. The summed E-state index contributed by atoms with van der Waals surface area (Å²) in [5, 5.41) is 4.24. The lowest BCUT2D eigenvalue weighted by Gasteiger charge is -2.11. The number of fused-ring (bicyclic) bond motifs is 1. The molecule has 0 amide bonds. The topological polar surface area (TPSA) is 63.8 Å². The number of nitrogens with two attached hydrogens (primary N) is 1. The Morgan fingerprint density at radius 3 is 2.50 bits per heavy atom. The zero-order valence-electron chi connectivity index (χ0n) is 10.3. The van der Waals surface area contributed by atoms with Gasteiger partial charge in [-0.25, -0.2) is 9.97 Å². The van der Waals surface area contributed by atoms with Crippen molar-refractivity contribution in [2.45, 2.75) is 0 Å². The van der Waals surface area contributed by atoms with E-state index in [0.717, 1.165) is 31.4 Å². The van der Waals surface area contributed by atoms with Gasteiger partial charge in [0, 0.05) is 20.0 Å². The monoisotopic (exact) mass is 392 g/mol. The first kappa shape index (κ1) is 13.3. The lowest BCUT2D eigenvalue weighted by atomic mass is 10.2. The van der Waals surface area contributed by atoms with Gasteiger partial charge in [0.2, 0.25) is 0 Å². The van der Waals surface area contributed by atoms with Crippen LogP contribution < -0.4 is 11.1 Å². The van der Waals surface area contributed by atoms with E-state index in [-0.39, 0.29) is 0 Å². The molecular weight excluding hydrogens is 384 g/mol. The molecule has 0 fully saturated rings. The SMILES string of the molecule is Nc1ccc2c(Nc3c(Br)cccc3Br)ncnc2c1. The van der Waals surface area contributed by atoms with E-state index in [0.29, 0.717) is 5.69 Å². The van der Waals surface area contributed by atoms with Crippen molar-refractivity contribution in [3.63, 3.8) is 0 Å². The number of nitrogen functional groups attached to an aromatic ring is 1. The van der Waals surface area contributed by atoms with E-state index in [4.69, 9.17) is 5.73 Å². The molecule has 3 N–H and O–H groups in total. The summed E-state index contributed by atoms with van der Waals surface area (Å²) >= 11 is 7.05. The molecule has 0 atom stereocenters. The number of nitrogens with one attached hydrogen (secondary N) is 1. The van der Waals surface area contributed by atoms with E-state index in [2.05, 4.69) is 47.1 Å². The number of aromatic nitrogens is 2. The quantitative estimate of drug-likeness (QED) is 0.630. The Bertz CT molecular complexity index is 769. The molecule has 0 saturated heterocycles. The minimum Gasteiger partial charge on any atom is -0.399 e. The zero-order valence-corrected chi connectivity index (χ0v) is 13.4. The van der Waals surface area contributed by atoms with Gasteiger partial charge in [0.15, 0.2) is 0 Å². The Labute approximate surface area is 132 Å². The second kappa shape index (κ2) is 5.38. The van der Waals surface area contributed by atoms with Gasteiger partial charge in [-0.15, -0.1) is 0 Å². The normalized spacial score (nSPS) is 10.7. The third-order valence-corrected chi connectivity index (χ3v) is 4.19. The first-order valence-corrected chi connectivity index (χ1v) is 7.45. The van der Waals surface area contributed by atoms with Gasteiger partial charge in [0.05, 0.1) is 11.2 Å². The average molecular weight is 394 g/mol. The molecule has 1 heterocycles. The van der Waals surface area contributed by atoms with Gasteiger partial charge >= 0.3 is 0 Å². The second-order valence-corrected chi connectivity index (χ2v) is 5.93. The predicted molar refractivity (Wildman–Crippen MR) is 89.1 cm³/mol. The van der Waals surface area contributed by atoms with Crippen LogP contribution in [-0.4, -0.2) is 9.97 Å². The van der Waals surface area contributed by atoms with Crippen LogP contribution in [0.2, 0.25) is 0 Å². The van der Waals surface area contributed by atoms with Crippen LogP contribution in [0.5, 0.6) is 0 Å². The molecule has 100 valence electrons. The summed E-state index contributed by atoms with van der Waals surface area (Å²) < 4.78 is 1.91. The highest BCUT2D eigenvalue weighted by atomic mass is 79.9. The van der Waals surface area contributed by atoms with Gasteiger partial charge < -0.3 is 11.1 Å². The maximum Gasteiger partial charge on any atom is 0.141 e. The van der Waals surface area contributed by atoms with E-state index < -0.39 is 0 Å². The van der Waals surface area contributed by atoms with Crippen molar-refractivity contribution >= 4 is 60.0 Å². The van der Waals surface area contributed by atoms with E-state index >= 15 is 0 Å². The molecule has 0 spiro atoms. The summed E-state index contributed by atoms with van der Waals surface area (Å²) in [6.45, 7) is 0. The fraction of sp³-hybridized carbons (Fsp3) is 0. The Morgan fingerprint density at radius 2 is 1.75 bits per heavy atom. The molecule has 3 aromatic rings. The van der Waals surface area contributed by atoms with Crippen LogP contribution >= 0.6 is 31.9 Å². The summed E-state index contributed by atoms with van der Waals surface area (Å²) in [6, 6.07) is 11.5. The standard InChI is InChI=1S/C14H10Br2N4/c15-10-2-1-3-11(16)13(10)20-14-9-5-4-8(17)6-12(9)18-7-19-14/h1-7H,17H2,(H,18,19,20). The number of halogens is 2. The summed E-state index contributed by atoms with van der Waals surface area (Å²) in [5.74, 6) is 0.739. The molecule has 0 radical (unpaired) electrons. The molecule has 6 heteroatoms. The molecule has 2 aromatic carbocycles. The van der Waals surface area contributed by atoms with Crippen LogP contribution in [0.25, 0.3) is 10.9 Å². The van der Waals surface area contributed by atoms with Crippen LogP contribution in [0.1, 0.15) is 0 Å². The van der Waals surface area contributed by atoms with Crippen LogP contribution in [0, 0.1) is 0 Å². The fourth-order valence-electron chi connectivity index (χ4n) is 1.91. The maximum atomic E-state index is 5.78. The first-order valence-electron chi connectivity index (χ1n) is 5.86. The average Bonchev–Trinajstić information content (AvgIpc) is 2.42. The van der Waals surface area contributed by atoms with E-state index in [9.17, 15) is 0 Å². The minimum atomic E-state index is 0.684. The summed E-state index contributed by atoms with van der Waals surface area (Å²) in [4.78, 5) is 8.54. The highest BCUT2D eigenvalue weighted by Crippen LogP contribution is 2.34. The molecule has 20 heavy (non-hydrogen) atoms. The highest BCUT2D eigenvalue weighted by Gasteiger charge is 2.09. The summed E-state index contributed by atoms with van der Waals surface area (Å²) in [6.07, 6.45) is 1.52. The fourth-order valence-corrected chi connectivity index (χ4v) is 3.11. The van der Waals surface area contributed by atoms with E-state index in [1.165, 1.54) is 6.33 Å². The molecule has 0 bridgehead atoms. The molecular formula is C14H10Br2N4. The van der Waals surface area contributed by atoms with Gasteiger partial charge in [0.25, 0.3) is 0 Å². The van der Waals surface area contributed by atoms with Crippen LogP contribution in [0.15, 0.2) is 51.7 Å². The molecule has 4 nitrogen and oxygen atoms in total. The number of hydrogen-bond donors (Lipinski definition) is 2. The summed E-state index contributed by atoms with van der Waals surface area (Å²) in [5.41, 5.74) is 8.19. The number of benzene rings is 2.